The number of imidazole rings is 1. The molecule has 0 amide bonds. The van der Waals surface area contributed by atoms with Crippen molar-refractivity contribution in [1.29, 1.82) is 0 Å². The molecule has 66 valence electrons. The third-order valence-electron chi connectivity index (χ3n) is 2.87. The van der Waals surface area contributed by atoms with Gasteiger partial charge in [0.25, 0.3) is 0 Å². The highest BCUT2D eigenvalue weighted by molar-refractivity contribution is 5.14. The third kappa shape index (κ3) is 1.25. The van der Waals surface area contributed by atoms with Crippen LogP contribution in [0, 0.1) is 12.3 Å². The van der Waals surface area contributed by atoms with E-state index >= 15 is 0 Å². The van der Waals surface area contributed by atoms with Gasteiger partial charge < -0.3 is 10.7 Å². The van der Waals surface area contributed by atoms with E-state index in [0.717, 1.165) is 13.0 Å². The summed E-state index contributed by atoms with van der Waals surface area (Å²) in [5.74, 6) is 0. The lowest BCUT2D eigenvalue weighted by Crippen LogP contribution is -2.18. The van der Waals surface area contributed by atoms with Crippen molar-refractivity contribution in [3.63, 3.8) is 0 Å². The van der Waals surface area contributed by atoms with E-state index in [4.69, 9.17) is 5.73 Å². The van der Waals surface area contributed by atoms with Crippen molar-refractivity contribution in [3.05, 3.63) is 17.7 Å². The summed E-state index contributed by atoms with van der Waals surface area (Å²) < 4.78 is 0. The molecule has 1 aliphatic rings. The minimum absolute atomic E-state index is 0.403. The number of aryl methyl sites for hydroxylation is 1. The molecule has 0 atom stereocenters. The van der Waals surface area contributed by atoms with Crippen LogP contribution in [0.15, 0.2) is 6.33 Å². The molecule has 0 bridgehead atoms. The number of H-pyrrole nitrogens is 1. The molecule has 0 aromatic carbocycles. The molecule has 3 nitrogen and oxygen atoms in total. The minimum Gasteiger partial charge on any atom is -0.348 e. The second-order valence-electron chi connectivity index (χ2n) is 3.86. The van der Waals surface area contributed by atoms with Crippen LogP contribution in [0.1, 0.15) is 24.2 Å². The zero-order valence-corrected chi connectivity index (χ0v) is 7.43. The average Bonchev–Trinajstić information content (AvgIpc) is 2.74. The Labute approximate surface area is 72.4 Å². The quantitative estimate of drug-likeness (QED) is 0.702. The molecule has 0 unspecified atom stereocenters. The van der Waals surface area contributed by atoms with Gasteiger partial charge in [-0.05, 0) is 38.1 Å². The van der Waals surface area contributed by atoms with E-state index in [-0.39, 0.29) is 0 Å². The van der Waals surface area contributed by atoms with Gasteiger partial charge in [0, 0.05) is 5.69 Å². The number of hydrogen-bond acceptors (Lipinski definition) is 2. The van der Waals surface area contributed by atoms with Gasteiger partial charge in [0.2, 0.25) is 0 Å². The number of aromatic amines is 1. The molecule has 2 rings (SSSR count). The fourth-order valence-corrected chi connectivity index (χ4v) is 1.55. The second-order valence-corrected chi connectivity index (χ2v) is 3.86. The zero-order chi connectivity index (χ0) is 8.60. The van der Waals surface area contributed by atoms with Crippen LogP contribution in [0.4, 0.5) is 0 Å². The zero-order valence-electron chi connectivity index (χ0n) is 7.43. The summed E-state index contributed by atoms with van der Waals surface area (Å²) in [6, 6.07) is 0. The van der Waals surface area contributed by atoms with Crippen LogP contribution in [0.3, 0.4) is 0 Å². The lowest BCUT2D eigenvalue weighted by Gasteiger charge is -2.09. The topological polar surface area (TPSA) is 54.7 Å². The molecule has 0 spiro atoms. The van der Waals surface area contributed by atoms with E-state index in [0.29, 0.717) is 5.41 Å². The molecule has 0 saturated heterocycles. The molecule has 0 aliphatic heterocycles. The summed E-state index contributed by atoms with van der Waals surface area (Å²) >= 11 is 0. The summed E-state index contributed by atoms with van der Waals surface area (Å²) in [7, 11) is 0. The van der Waals surface area contributed by atoms with Gasteiger partial charge in [-0.1, -0.05) is 0 Å². The van der Waals surface area contributed by atoms with Crippen molar-refractivity contribution in [3.8, 4) is 0 Å². The first-order valence-corrected chi connectivity index (χ1v) is 4.45. The maximum atomic E-state index is 5.70. The fraction of sp³-hybridized carbons (Fsp3) is 0.667. The van der Waals surface area contributed by atoms with Crippen LogP contribution >= 0.6 is 0 Å². The van der Waals surface area contributed by atoms with Gasteiger partial charge in [0.15, 0.2) is 0 Å². The van der Waals surface area contributed by atoms with Crippen LogP contribution in [0.25, 0.3) is 0 Å². The van der Waals surface area contributed by atoms with Gasteiger partial charge in [-0.2, -0.15) is 0 Å². The summed E-state index contributed by atoms with van der Waals surface area (Å²) in [4.78, 5) is 7.37. The van der Waals surface area contributed by atoms with E-state index in [2.05, 4.69) is 16.9 Å². The molecule has 3 N–H and O–H groups in total. The van der Waals surface area contributed by atoms with Gasteiger partial charge in [-0.25, -0.2) is 4.98 Å². The SMILES string of the molecule is Cc1[nH]cnc1CC1(CN)CC1. The predicted molar refractivity (Wildman–Crippen MR) is 47.8 cm³/mol. The van der Waals surface area contributed by atoms with Crippen molar-refractivity contribution in [1.82, 2.24) is 9.97 Å². The van der Waals surface area contributed by atoms with Crippen molar-refractivity contribution < 1.29 is 0 Å². The summed E-state index contributed by atoms with van der Waals surface area (Å²) in [6.07, 6.45) is 5.36. The van der Waals surface area contributed by atoms with Crippen LogP contribution in [-0.2, 0) is 6.42 Å². The van der Waals surface area contributed by atoms with E-state index < -0.39 is 0 Å². The van der Waals surface area contributed by atoms with Crippen LogP contribution in [-0.4, -0.2) is 16.5 Å². The number of rotatable bonds is 3. The maximum Gasteiger partial charge on any atom is 0.0925 e. The molecule has 1 heterocycles. The molecule has 1 saturated carbocycles. The number of hydrogen-bond donors (Lipinski definition) is 2. The second kappa shape index (κ2) is 2.59. The first-order valence-electron chi connectivity index (χ1n) is 4.45. The van der Waals surface area contributed by atoms with E-state index in [1.165, 1.54) is 24.2 Å². The smallest absolute Gasteiger partial charge is 0.0925 e. The monoisotopic (exact) mass is 165 g/mol. The first-order chi connectivity index (χ1) is 5.76. The minimum atomic E-state index is 0.403. The lowest BCUT2D eigenvalue weighted by atomic mass is 10.00. The standard InChI is InChI=1S/C9H15N3/c1-7-8(12-6-11-7)4-9(5-10)2-3-9/h6H,2-5,10H2,1H3,(H,11,12). The van der Waals surface area contributed by atoms with E-state index in [1.54, 1.807) is 6.33 Å². The molecule has 1 fully saturated rings. The maximum absolute atomic E-state index is 5.70. The molecule has 0 radical (unpaired) electrons. The molecule has 1 aromatic heterocycles. The van der Waals surface area contributed by atoms with Gasteiger partial charge in [0.05, 0.1) is 12.0 Å². The number of aromatic nitrogens is 2. The van der Waals surface area contributed by atoms with Crippen LogP contribution in [0.2, 0.25) is 0 Å². The Bertz CT molecular complexity index is 273. The molecule has 1 aromatic rings. The Hall–Kier alpha value is -0.830. The fourth-order valence-electron chi connectivity index (χ4n) is 1.55. The highest BCUT2D eigenvalue weighted by atomic mass is 14.9. The predicted octanol–water partition coefficient (Wildman–Crippen LogP) is 1.000. The Morgan fingerprint density at radius 3 is 2.83 bits per heavy atom. The summed E-state index contributed by atoms with van der Waals surface area (Å²) in [5.41, 5.74) is 8.48. The van der Waals surface area contributed by atoms with E-state index in [1.807, 2.05) is 0 Å². The van der Waals surface area contributed by atoms with Crippen LogP contribution in [0.5, 0.6) is 0 Å². The normalized spacial score (nSPS) is 19.5. The van der Waals surface area contributed by atoms with Crippen LogP contribution < -0.4 is 5.73 Å². The summed E-state index contributed by atoms with van der Waals surface area (Å²) in [6.45, 7) is 2.87. The van der Waals surface area contributed by atoms with Gasteiger partial charge in [-0.15, -0.1) is 0 Å². The average molecular weight is 165 g/mol. The first kappa shape index (κ1) is 7.80. The largest absolute Gasteiger partial charge is 0.348 e. The van der Waals surface area contributed by atoms with Crippen molar-refractivity contribution in [2.45, 2.75) is 26.2 Å². The Balaban J connectivity index is 2.08. The number of nitrogens with zero attached hydrogens (tertiary/aromatic N) is 1. The highest BCUT2D eigenvalue weighted by Gasteiger charge is 2.41. The number of nitrogens with one attached hydrogen (secondary N) is 1. The molecule has 12 heavy (non-hydrogen) atoms. The molecule has 3 heteroatoms. The van der Waals surface area contributed by atoms with Gasteiger partial charge in [-0.3, -0.25) is 0 Å². The van der Waals surface area contributed by atoms with E-state index in [9.17, 15) is 0 Å². The Kier molecular flexibility index (Phi) is 1.68. The van der Waals surface area contributed by atoms with Crippen molar-refractivity contribution in [2.24, 2.45) is 11.1 Å². The Morgan fingerprint density at radius 2 is 2.42 bits per heavy atom. The molecular formula is C9H15N3. The number of nitrogens with two attached hydrogens (primary N) is 1. The molecular weight excluding hydrogens is 150 g/mol. The molecule has 1 aliphatic carbocycles. The van der Waals surface area contributed by atoms with Gasteiger partial charge in [0.1, 0.15) is 0 Å². The lowest BCUT2D eigenvalue weighted by molar-refractivity contribution is 0.513. The summed E-state index contributed by atoms with van der Waals surface area (Å²) in [5, 5.41) is 0. The Morgan fingerprint density at radius 1 is 1.67 bits per heavy atom. The van der Waals surface area contributed by atoms with Crippen molar-refractivity contribution in [2.75, 3.05) is 6.54 Å². The van der Waals surface area contributed by atoms with Gasteiger partial charge >= 0.3 is 0 Å². The highest BCUT2D eigenvalue weighted by Crippen LogP contribution is 2.47. The van der Waals surface area contributed by atoms with Crippen molar-refractivity contribution >= 4 is 0 Å². The third-order valence-corrected chi connectivity index (χ3v) is 2.87.